The van der Waals surface area contributed by atoms with Crippen molar-refractivity contribution in [1.29, 1.82) is 0 Å². The van der Waals surface area contributed by atoms with Crippen LogP contribution >= 0.6 is 0 Å². The molecule has 2 nitrogen and oxygen atoms in total. The topological polar surface area (TPSA) is 15.3 Å². The number of nitrogens with one attached hydrogen (secondary N) is 1. The fourth-order valence-electron chi connectivity index (χ4n) is 5.37. The predicted octanol–water partition coefficient (Wildman–Crippen LogP) is 10.0. The van der Waals surface area contributed by atoms with E-state index in [1.54, 1.807) is 0 Å². The second kappa shape index (κ2) is 9.42. The Morgan fingerprint density at radius 2 is 1.13 bits per heavy atom. The third-order valence-corrected chi connectivity index (χ3v) is 7.23. The number of rotatable bonds is 2. The van der Waals surface area contributed by atoms with Gasteiger partial charge in [0.1, 0.15) is 0 Å². The van der Waals surface area contributed by atoms with Crippen LogP contribution in [-0.2, 0) is 0 Å². The van der Waals surface area contributed by atoms with Crippen molar-refractivity contribution in [3.05, 3.63) is 151 Å². The summed E-state index contributed by atoms with van der Waals surface area (Å²) in [6.07, 6.45) is 4.20. The number of hydrogen-bond acceptors (Lipinski definition) is 2. The summed E-state index contributed by atoms with van der Waals surface area (Å²) in [6, 6.07) is 49.8. The van der Waals surface area contributed by atoms with Crippen molar-refractivity contribution in [1.82, 2.24) is 0 Å². The Morgan fingerprint density at radius 1 is 0.474 bits per heavy atom. The molecule has 0 amide bonds. The van der Waals surface area contributed by atoms with Crippen molar-refractivity contribution in [3.63, 3.8) is 0 Å². The van der Waals surface area contributed by atoms with Crippen molar-refractivity contribution in [3.8, 4) is 22.3 Å². The van der Waals surface area contributed by atoms with E-state index in [2.05, 4.69) is 156 Å². The number of para-hydroxylation sites is 2. The molecule has 1 aliphatic rings. The molecule has 0 radical (unpaired) electrons. The van der Waals surface area contributed by atoms with Crippen LogP contribution in [0.4, 0.5) is 22.7 Å². The molecule has 0 fully saturated rings. The summed E-state index contributed by atoms with van der Waals surface area (Å²) in [7, 11) is 0. The molecule has 180 valence electrons. The highest BCUT2D eigenvalue weighted by Crippen LogP contribution is 2.46. The number of anilines is 4. The molecule has 0 saturated heterocycles. The normalized spacial score (nSPS) is 13.1. The average molecular weight is 487 g/mol. The molecule has 0 atom stereocenters. The summed E-state index contributed by atoms with van der Waals surface area (Å²) in [5.41, 5.74) is 10.4. The minimum absolute atomic E-state index is 1.08. The third-order valence-electron chi connectivity index (χ3n) is 7.23. The van der Waals surface area contributed by atoms with Crippen molar-refractivity contribution in [2.75, 3.05) is 10.2 Å². The third kappa shape index (κ3) is 3.93. The minimum Gasteiger partial charge on any atom is -0.361 e. The van der Waals surface area contributed by atoms with Gasteiger partial charge in [-0.15, -0.1) is 0 Å². The Kier molecular flexibility index (Phi) is 5.49. The molecule has 6 aromatic carbocycles. The summed E-state index contributed by atoms with van der Waals surface area (Å²) in [5, 5.41) is 5.98. The quantitative estimate of drug-likeness (QED) is 0.262. The molecule has 1 heterocycles. The zero-order valence-electron chi connectivity index (χ0n) is 20.9. The fraction of sp³-hybridized carbons (Fsp3) is 0. The van der Waals surface area contributed by atoms with Gasteiger partial charge in [0.2, 0.25) is 0 Å². The highest BCUT2D eigenvalue weighted by Gasteiger charge is 2.22. The molecule has 0 spiro atoms. The zero-order valence-corrected chi connectivity index (χ0v) is 20.9. The van der Waals surface area contributed by atoms with Gasteiger partial charge in [0.25, 0.3) is 0 Å². The SMILES string of the molecule is C1=C/c2ccccc2N(c2ccc(-c3ccccc3)cc2)c2cc3ccccc3cc2-c2ccccc2N/1. The van der Waals surface area contributed by atoms with Gasteiger partial charge in [0, 0.05) is 28.7 Å². The molecule has 0 unspecified atom stereocenters. The van der Waals surface area contributed by atoms with E-state index in [4.69, 9.17) is 0 Å². The van der Waals surface area contributed by atoms with Crippen LogP contribution < -0.4 is 10.2 Å². The minimum atomic E-state index is 1.08. The van der Waals surface area contributed by atoms with Gasteiger partial charge >= 0.3 is 0 Å². The van der Waals surface area contributed by atoms with Crippen LogP contribution in [0.5, 0.6) is 0 Å². The predicted molar refractivity (Wildman–Crippen MR) is 162 cm³/mol. The molecule has 7 rings (SSSR count). The second-order valence-electron chi connectivity index (χ2n) is 9.55. The van der Waals surface area contributed by atoms with Gasteiger partial charge < -0.3 is 10.2 Å². The lowest BCUT2D eigenvalue weighted by molar-refractivity contribution is 1.28. The first-order chi connectivity index (χ1) is 18.8. The lowest BCUT2D eigenvalue weighted by Crippen LogP contribution is -2.13. The lowest BCUT2D eigenvalue weighted by atomic mass is 9.95. The number of hydrogen-bond donors (Lipinski definition) is 1. The molecule has 38 heavy (non-hydrogen) atoms. The van der Waals surface area contributed by atoms with Gasteiger partial charge in [-0.1, -0.05) is 103 Å². The smallest absolute Gasteiger partial charge is 0.0547 e. The number of benzene rings is 6. The standard InChI is InChI=1S/C36H26N2/c1-2-10-26(11-3-1)27-18-20-31(21-19-27)38-35-17-9-6-12-28(35)22-23-37-34-16-8-7-15-32(34)33-24-29-13-4-5-14-30(29)25-36(33)38/h1-25,37H/b23-22+. The van der Waals surface area contributed by atoms with E-state index in [9.17, 15) is 0 Å². The Balaban J connectivity index is 1.52. The molecule has 2 heteroatoms. The molecule has 0 bridgehead atoms. The summed E-state index contributed by atoms with van der Waals surface area (Å²) >= 11 is 0. The summed E-state index contributed by atoms with van der Waals surface area (Å²) < 4.78 is 0. The van der Waals surface area contributed by atoms with E-state index < -0.39 is 0 Å². The largest absolute Gasteiger partial charge is 0.361 e. The van der Waals surface area contributed by atoms with Crippen LogP contribution in [0.3, 0.4) is 0 Å². The molecule has 0 saturated carbocycles. The lowest BCUT2D eigenvalue weighted by Gasteiger charge is -2.31. The fourth-order valence-corrected chi connectivity index (χ4v) is 5.37. The van der Waals surface area contributed by atoms with Gasteiger partial charge in [-0.2, -0.15) is 0 Å². The molecule has 6 aromatic rings. The van der Waals surface area contributed by atoms with Crippen molar-refractivity contribution < 1.29 is 0 Å². The van der Waals surface area contributed by atoms with Crippen molar-refractivity contribution >= 4 is 39.6 Å². The van der Waals surface area contributed by atoms with E-state index in [-0.39, 0.29) is 0 Å². The second-order valence-corrected chi connectivity index (χ2v) is 9.55. The van der Waals surface area contributed by atoms with E-state index in [1.165, 1.54) is 33.0 Å². The Bertz CT molecular complexity index is 1780. The maximum absolute atomic E-state index is 3.54. The van der Waals surface area contributed by atoms with Crippen molar-refractivity contribution in [2.24, 2.45) is 0 Å². The Hall–Kier alpha value is -5.08. The maximum Gasteiger partial charge on any atom is 0.0547 e. The summed E-state index contributed by atoms with van der Waals surface area (Å²) in [4.78, 5) is 2.40. The monoisotopic (exact) mass is 486 g/mol. The summed E-state index contributed by atoms with van der Waals surface area (Å²) in [5.74, 6) is 0. The van der Waals surface area contributed by atoms with Gasteiger partial charge in [-0.05, 0) is 69.9 Å². The Labute approximate surface area is 223 Å². The first kappa shape index (κ1) is 22.1. The van der Waals surface area contributed by atoms with Gasteiger partial charge in [-0.3, -0.25) is 0 Å². The number of nitrogens with zero attached hydrogens (tertiary/aromatic N) is 1. The van der Waals surface area contributed by atoms with Crippen LogP contribution in [0.25, 0.3) is 39.1 Å². The van der Waals surface area contributed by atoms with E-state index in [0.29, 0.717) is 0 Å². The van der Waals surface area contributed by atoms with E-state index in [1.807, 2.05) is 6.20 Å². The van der Waals surface area contributed by atoms with Gasteiger partial charge in [-0.25, -0.2) is 0 Å². The molecule has 0 aromatic heterocycles. The molecule has 1 aliphatic heterocycles. The van der Waals surface area contributed by atoms with Crippen LogP contribution in [0, 0.1) is 0 Å². The van der Waals surface area contributed by atoms with Gasteiger partial charge in [0.15, 0.2) is 0 Å². The van der Waals surface area contributed by atoms with Crippen LogP contribution in [0.1, 0.15) is 5.56 Å². The average Bonchev–Trinajstić information content (AvgIpc) is 2.99. The van der Waals surface area contributed by atoms with E-state index >= 15 is 0 Å². The highest BCUT2D eigenvalue weighted by molar-refractivity contribution is 6.01. The van der Waals surface area contributed by atoms with Crippen LogP contribution in [0.15, 0.2) is 146 Å². The first-order valence-corrected chi connectivity index (χ1v) is 13.0. The highest BCUT2D eigenvalue weighted by atomic mass is 15.1. The molecular formula is C36H26N2. The van der Waals surface area contributed by atoms with Crippen LogP contribution in [-0.4, -0.2) is 0 Å². The first-order valence-electron chi connectivity index (χ1n) is 13.0. The van der Waals surface area contributed by atoms with Crippen LogP contribution in [0.2, 0.25) is 0 Å². The number of fused-ring (bicyclic) bond motifs is 5. The molecule has 1 N–H and O–H groups in total. The van der Waals surface area contributed by atoms with E-state index in [0.717, 1.165) is 28.3 Å². The maximum atomic E-state index is 3.54. The molecule has 0 aliphatic carbocycles. The van der Waals surface area contributed by atoms with Gasteiger partial charge in [0.05, 0.1) is 11.4 Å². The Morgan fingerprint density at radius 3 is 1.97 bits per heavy atom. The zero-order chi connectivity index (χ0) is 25.3. The van der Waals surface area contributed by atoms with Crippen molar-refractivity contribution in [2.45, 2.75) is 0 Å². The molecular weight excluding hydrogens is 460 g/mol. The summed E-state index contributed by atoms with van der Waals surface area (Å²) in [6.45, 7) is 0.